The van der Waals surface area contributed by atoms with Crippen LogP contribution in [0, 0.1) is 0 Å². The number of nitrogens with zero attached hydrogens (tertiary/aromatic N) is 4. The molecule has 98 valence electrons. The van der Waals surface area contributed by atoms with Crippen molar-refractivity contribution in [3.8, 4) is 0 Å². The highest BCUT2D eigenvalue weighted by molar-refractivity contribution is 7.07. The molecule has 0 aliphatic rings. The Morgan fingerprint density at radius 1 is 1.32 bits per heavy atom. The summed E-state index contributed by atoms with van der Waals surface area (Å²) in [6.45, 7) is 3.52. The van der Waals surface area contributed by atoms with E-state index in [1.807, 2.05) is 34.6 Å². The van der Waals surface area contributed by atoms with Gasteiger partial charge < -0.3 is 15.0 Å². The molecule has 6 nitrogen and oxygen atoms in total. The summed E-state index contributed by atoms with van der Waals surface area (Å²) in [7, 11) is 0. The molecule has 0 aliphatic heterocycles. The highest BCUT2D eigenvalue weighted by atomic mass is 32.1. The first-order valence-electron chi connectivity index (χ1n) is 6.05. The van der Waals surface area contributed by atoms with E-state index >= 15 is 0 Å². The monoisotopic (exact) mass is 274 g/mol. The van der Waals surface area contributed by atoms with Crippen molar-refractivity contribution in [2.75, 3.05) is 17.2 Å². The van der Waals surface area contributed by atoms with E-state index in [0.717, 1.165) is 29.5 Å². The van der Waals surface area contributed by atoms with Crippen LogP contribution in [0.4, 0.5) is 11.6 Å². The summed E-state index contributed by atoms with van der Waals surface area (Å²) in [5.74, 6) is 1.59. The highest BCUT2D eigenvalue weighted by Gasteiger charge is 2.07. The molecule has 3 heterocycles. The van der Waals surface area contributed by atoms with Gasteiger partial charge in [0.15, 0.2) is 11.5 Å². The Hall–Kier alpha value is -2.15. The number of aromatic nitrogens is 4. The van der Waals surface area contributed by atoms with Crippen molar-refractivity contribution in [1.82, 2.24) is 19.4 Å². The Morgan fingerprint density at radius 3 is 3.05 bits per heavy atom. The van der Waals surface area contributed by atoms with Crippen LogP contribution in [0.5, 0.6) is 0 Å². The van der Waals surface area contributed by atoms with Gasteiger partial charge in [0.2, 0.25) is 0 Å². The summed E-state index contributed by atoms with van der Waals surface area (Å²) in [6, 6.07) is 0. The van der Waals surface area contributed by atoms with Crippen LogP contribution in [0.1, 0.15) is 12.6 Å². The van der Waals surface area contributed by atoms with E-state index in [1.54, 1.807) is 17.5 Å². The van der Waals surface area contributed by atoms with Gasteiger partial charge in [-0.05, 0) is 6.92 Å². The average molecular weight is 274 g/mol. The minimum atomic E-state index is 0.647. The fraction of sp³-hybridized carbons (Fsp3) is 0.250. The van der Waals surface area contributed by atoms with Gasteiger partial charge in [0.1, 0.15) is 5.82 Å². The summed E-state index contributed by atoms with van der Waals surface area (Å²) < 4.78 is 1.95. The van der Waals surface area contributed by atoms with Gasteiger partial charge in [0, 0.05) is 24.3 Å². The summed E-state index contributed by atoms with van der Waals surface area (Å²) in [4.78, 5) is 13.1. The molecule has 0 amide bonds. The van der Waals surface area contributed by atoms with Crippen LogP contribution >= 0.6 is 11.3 Å². The molecule has 0 atom stereocenters. The lowest BCUT2D eigenvalue weighted by Gasteiger charge is -2.09. The Morgan fingerprint density at radius 2 is 2.26 bits per heavy atom. The molecule has 0 saturated carbocycles. The van der Waals surface area contributed by atoms with Gasteiger partial charge in [0.05, 0.1) is 23.9 Å². The van der Waals surface area contributed by atoms with E-state index in [4.69, 9.17) is 0 Å². The smallest absolute Gasteiger partial charge is 0.180 e. The molecule has 0 aliphatic carbocycles. The number of nitrogens with one attached hydrogen (secondary N) is 2. The van der Waals surface area contributed by atoms with Gasteiger partial charge in [0.25, 0.3) is 0 Å². The molecule has 0 spiro atoms. The molecule has 2 N–H and O–H groups in total. The highest BCUT2D eigenvalue weighted by Crippen LogP contribution is 2.17. The Balaban J connectivity index is 1.89. The van der Waals surface area contributed by atoms with E-state index < -0.39 is 0 Å². The molecule has 3 aromatic rings. The van der Waals surface area contributed by atoms with E-state index in [9.17, 15) is 0 Å². The molecule has 0 aromatic carbocycles. The second-order valence-corrected chi connectivity index (χ2v) is 4.72. The average Bonchev–Trinajstić information content (AvgIpc) is 3.07. The Bertz CT molecular complexity index is 660. The van der Waals surface area contributed by atoms with Crippen molar-refractivity contribution in [2.45, 2.75) is 13.5 Å². The van der Waals surface area contributed by atoms with Crippen LogP contribution in [0.3, 0.4) is 0 Å². The van der Waals surface area contributed by atoms with Crippen molar-refractivity contribution in [2.24, 2.45) is 0 Å². The van der Waals surface area contributed by atoms with Crippen LogP contribution in [-0.2, 0) is 6.54 Å². The molecule has 3 aromatic heterocycles. The quantitative estimate of drug-likeness (QED) is 0.747. The Labute approximate surface area is 114 Å². The normalized spacial score (nSPS) is 10.8. The molecule has 7 heteroatoms. The molecular formula is C12H14N6S. The largest absolute Gasteiger partial charge is 0.369 e. The van der Waals surface area contributed by atoms with Gasteiger partial charge in [-0.15, -0.1) is 11.3 Å². The van der Waals surface area contributed by atoms with Crippen LogP contribution in [-0.4, -0.2) is 25.9 Å². The van der Waals surface area contributed by atoms with E-state index in [0.29, 0.717) is 6.54 Å². The fourth-order valence-corrected chi connectivity index (χ4v) is 2.37. The summed E-state index contributed by atoms with van der Waals surface area (Å²) in [6.07, 6.45) is 5.60. The van der Waals surface area contributed by atoms with Crippen molar-refractivity contribution in [3.05, 3.63) is 35.2 Å². The summed E-state index contributed by atoms with van der Waals surface area (Å²) >= 11 is 1.59. The van der Waals surface area contributed by atoms with Gasteiger partial charge in [-0.25, -0.2) is 15.0 Å². The second-order valence-electron chi connectivity index (χ2n) is 4.00. The zero-order valence-corrected chi connectivity index (χ0v) is 11.3. The van der Waals surface area contributed by atoms with Gasteiger partial charge in [-0.1, -0.05) is 0 Å². The number of imidazole rings is 1. The van der Waals surface area contributed by atoms with Gasteiger partial charge in [-0.3, -0.25) is 0 Å². The lowest BCUT2D eigenvalue weighted by Crippen LogP contribution is -2.07. The van der Waals surface area contributed by atoms with Gasteiger partial charge in [-0.2, -0.15) is 0 Å². The van der Waals surface area contributed by atoms with Crippen LogP contribution in [0.15, 0.2) is 29.5 Å². The third-order valence-electron chi connectivity index (χ3n) is 2.65. The van der Waals surface area contributed by atoms with Crippen molar-refractivity contribution < 1.29 is 0 Å². The maximum atomic E-state index is 4.53. The number of hydrogen-bond donors (Lipinski definition) is 2. The standard InChI is InChI=1S/C12H14N6S/c1-2-13-10-6-18-4-3-14-12(18)11(17-10)15-5-9-7-19-8-16-9/h3-4,6-8,13H,2,5H2,1H3,(H,15,17). The number of hydrogen-bond acceptors (Lipinski definition) is 6. The van der Waals surface area contributed by atoms with Crippen molar-refractivity contribution >= 4 is 28.6 Å². The second kappa shape index (κ2) is 5.23. The molecule has 3 rings (SSSR count). The minimum absolute atomic E-state index is 0.647. The summed E-state index contributed by atoms with van der Waals surface area (Å²) in [5.41, 5.74) is 3.65. The van der Waals surface area contributed by atoms with Crippen LogP contribution in [0.2, 0.25) is 0 Å². The van der Waals surface area contributed by atoms with Crippen LogP contribution < -0.4 is 10.6 Å². The molecule has 0 bridgehead atoms. The molecule has 0 radical (unpaired) electrons. The molecule has 19 heavy (non-hydrogen) atoms. The number of thiazole rings is 1. The summed E-state index contributed by atoms with van der Waals surface area (Å²) in [5, 5.41) is 8.51. The SMILES string of the molecule is CCNc1cn2ccnc2c(NCc2cscn2)n1. The third-order valence-corrected chi connectivity index (χ3v) is 3.29. The third kappa shape index (κ3) is 2.50. The first-order chi connectivity index (χ1) is 9.36. The first-order valence-corrected chi connectivity index (χ1v) is 6.99. The number of rotatable bonds is 5. The van der Waals surface area contributed by atoms with E-state index in [-0.39, 0.29) is 0 Å². The lowest BCUT2D eigenvalue weighted by atomic mass is 10.4. The zero-order chi connectivity index (χ0) is 13.1. The number of fused-ring (bicyclic) bond motifs is 1. The van der Waals surface area contributed by atoms with Gasteiger partial charge >= 0.3 is 0 Å². The van der Waals surface area contributed by atoms with E-state index in [1.165, 1.54) is 0 Å². The lowest BCUT2D eigenvalue weighted by molar-refractivity contribution is 1.03. The van der Waals surface area contributed by atoms with E-state index in [2.05, 4.69) is 25.6 Å². The van der Waals surface area contributed by atoms with Crippen molar-refractivity contribution in [1.29, 1.82) is 0 Å². The predicted molar refractivity (Wildman–Crippen MR) is 76.6 cm³/mol. The van der Waals surface area contributed by atoms with Crippen molar-refractivity contribution in [3.63, 3.8) is 0 Å². The predicted octanol–water partition coefficient (Wildman–Crippen LogP) is 2.23. The molecule has 0 saturated heterocycles. The maximum absolute atomic E-state index is 4.53. The Kier molecular flexibility index (Phi) is 3.28. The maximum Gasteiger partial charge on any atom is 0.180 e. The molecule has 0 fully saturated rings. The minimum Gasteiger partial charge on any atom is -0.369 e. The first kappa shape index (κ1) is 11.9. The van der Waals surface area contributed by atoms with Crippen LogP contribution in [0.25, 0.3) is 5.65 Å². The molecular weight excluding hydrogens is 260 g/mol. The number of anilines is 2. The molecule has 0 unspecified atom stereocenters. The zero-order valence-electron chi connectivity index (χ0n) is 10.5. The fourth-order valence-electron chi connectivity index (χ4n) is 1.82. The topological polar surface area (TPSA) is 67.1 Å².